The summed E-state index contributed by atoms with van der Waals surface area (Å²) >= 11 is 0. The maximum absolute atomic E-state index is 12.1. The van der Waals surface area contributed by atoms with Gasteiger partial charge in [0.2, 0.25) is 5.91 Å². The average molecular weight is 410 g/mol. The number of nitrogens with one attached hydrogen (secondary N) is 2. The van der Waals surface area contributed by atoms with E-state index < -0.39 is 0 Å². The molecular weight excluding hydrogens is 384 g/mol. The molecule has 4 rings (SSSR count). The van der Waals surface area contributed by atoms with Crippen molar-refractivity contribution in [2.24, 2.45) is 0 Å². The van der Waals surface area contributed by atoms with Crippen LogP contribution in [0.4, 0.5) is 5.69 Å². The third-order valence-corrected chi connectivity index (χ3v) is 4.76. The molecule has 2 aromatic carbocycles. The Morgan fingerprint density at radius 3 is 2.80 bits per heavy atom. The van der Waals surface area contributed by atoms with Crippen LogP contribution in [0.2, 0.25) is 0 Å². The van der Waals surface area contributed by atoms with Crippen molar-refractivity contribution < 1.29 is 19.0 Å². The predicted molar refractivity (Wildman–Crippen MR) is 114 cm³/mol. The van der Waals surface area contributed by atoms with Crippen LogP contribution >= 0.6 is 0 Å². The Bertz CT molecular complexity index is 954. The lowest BCUT2D eigenvalue weighted by Gasteiger charge is -2.25. The number of anilines is 1. The van der Waals surface area contributed by atoms with Crippen LogP contribution in [0.5, 0.6) is 5.75 Å². The summed E-state index contributed by atoms with van der Waals surface area (Å²) in [7, 11) is 0. The zero-order valence-electron chi connectivity index (χ0n) is 16.8. The number of hydrogen-bond donors (Lipinski definition) is 2. The van der Waals surface area contributed by atoms with Crippen LogP contribution in [0.25, 0.3) is 11.0 Å². The Morgan fingerprint density at radius 1 is 1.13 bits per heavy atom. The molecule has 1 saturated heterocycles. The summed E-state index contributed by atoms with van der Waals surface area (Å²) in [6, 6.07) is 15.1. The predicted octanol–water partition coefficient (Wildman–Crippen LogP) is 2.43. The number of hydrogen-bond acceptors (Lipinski definition) is 6. The van der Waals surface area contributed by atoms with Gasteiger partial charge in [-0.25, -0.2) is 4.98 Å². The molecule has 8 nitrogen and oxygen atoms in total. The summed E-state index contributed by atoms with van der Waals surface area (Å²) < 4.78 is 16.3. The number of aromatic nitrogens is 2. The first-order chi connectivity index (χ1) is 14.8. The van der Waals surface area contributed by atoms with Crippen LogP contribution in [-0.2, 0) is 20.8 Å². The fraction of sp³-hybridized carbons (Fsp3) is 0.364. The molecule has 0 atom stereocenters. The van der Waals surface area contributed by atoms with E-state index in [1.54, 1.807) is 0 Å². The third-order valence-electron chi connectivity index (χ3n) is 4.76. The first-order valence-corrected chi connectivity index (χ1v) is 10.1. The second-order valence-electron chi connectivity index (χ2n) is 7.07. The number of aromatic amines is 1. The normalized spacial score (nSPS) is 14.7. The third kappa shape index (κ3) is 5.79. The molecule has 30 heavy (non-hydrogen) atoms. The Morgan fingerprint density at radius 2 is 1.97 bits per heavy atom. The molecule has 2 N–H and O–H groups in total. The van der Waals surface area contributed by atoms with E-state index in [2.05, 4.69) is 20.2 Å². The second kappa shape index (κ2) is 10.2. The minimum atomic E-state index is -0.206. The van der Waals surface area contributed by atoms with Gasteiger partial charge < -0.3 is 24.5 Å². The first-order valence-electron chi connectivity index (χ1n) is 10.1. The number of benzene rings is 2. The number of H-pyrrole nitrogens is 1. The number of ether oxygens (including phenoxy) is 3. The molecule has 0 spiro atoms. The molecule has 0 unspecified atom stereocenters. The van der Waals surface area contributed by atoms with Gasteiger partial charge in [0.25, 0.3) is 0 Å². The molecule has 1 aliphatic rings. The molecular formula is C22H26N4O4. The highest BCUT2D eigenvalue weighted by Crippen LogP contribution is 2.18. The summed E-state index contributed by atoms with van der Waals surface area (Å²) in [5.74, 6) is 1.49. The molecule has 0 saturated carbocycles. The molecule has 2 heterocycles. The van der Waals surface area contributed by atoms with Crippen LogP contribution in [0, 0.1) is 0 Å². The van der Waals surface area contributed by atoms with Crippen molar-refractivity contribution >= 4 is 22.6 Å². The number of morpholine rings is 1. The summed E-state index contributed by atoms with van der Waals surface area (Å²) in [5, 5.41) is 2.85. The molecule has 1 aliphatic heterocycles. The Kier molecular flexibility index (Phi) is 6.91. The van der Waals surface area contributed by atoms with Crippen molar-refractivity contribution in [3.63, 3.8) is 0 Å². The van der Waals surface area contributed by atoms with Gasteiger partial charge in [-0.05, 0) is 30.3 Å². The van der Waals surface area contributed by atoms with Crippen molar-refractivity contribution in [1.29, 1.82) is 0 Å². The molecule has 3 aromatic rings. The van der Waals surface area contributed by atoms with E-state index in [9.17, 15) is 4.79 Å². The van der Waals surface area contributed by atoms with Crippen molar-refractivity contribution in [3.8, 4) is 5.75 Å². The Hall–Kier alpha value is -2.94. The number of carbonyl (C=O) groups is 1. The second-order valence-corrected chi connectivity index (χ2v) is 7.07. The van der Waals surface area contributed by atoms with Crippen molar-refractivity contribution in [3.05, 3.63) is 54.4 Å². The molecule has 158 valence electrons. The lowest BCUT2D eigenvalue weighted by atomic mass is 10.3. The van der Waals surface area contributed by atoms with Crippen LogP contribution in [-0.4, -0.2) is 66.9 Å². The molecule has 0 radical (unpaired) electrons. The highest BCUT2D eigenvalue weighted by molar-refractivity contribution is 5.93. The van der Waals surface area contributed by atoms with Crippen LogP contribution < -0.4 is 10.1 Å². The summed E-state index contributed by atoms with van der Waals surface area (Å²) in [5.41, 5.74) is 2.48. The smallest absolute Gasteiger partial charge is 0.250 e. The Labute approximate surface area is 175 Å². The van der Waals surface area contributed by atoms with E-state index in [0.717, 1.165) is 55.5 Å². The van der Waals surface area contributed by atoms with Gasteiger partial charge >= 0.3 is 0 Å². The highest BCUT2D eigenvalue weighted by Gasteiger charge is 2.13. The van der Waals surface area contributed by atoms with Gasteiger partial charge in [0.15, 0.2) is 0 Å². The lowest BCUT2D eigenvalue weighted by Crippen LogP contribution is -2.35. The number of amides is 1. The molecule has 1 aromatic heterocycles. The van der Waals surface area contributed by atoms with Crippen LogP contribution in [0.1, 0.15) is 5.82 Å². The molecule has 8 heteroatoms. The van der Waals surface area contributed by atoms with Gasteiger partial charge in [-0.3, -0.25) is 9.69 Å². The van der Waals surface area contributed by atoms with Crippen molar-refractivity contribution in [2.45, 2.75) is 6.54 Å². The highest BCUT2D eigenvalue weighted by atomic mass is 16.5. The summed E-state index contributed by atoms with van der Waals surface area (Å²) in [6.07, 6.45) is 0. The fourth-order valence-electron chi connectivity index (χ4n) is 3.28. The minimum absolute atomic E-state index is 0.0263. The largest absolute Gasteiger partial charge is 0.491 e. The van der Waals surface area contributed by atoms with Gasteiger partial charge in [0, 0.05) is 18.8 Å². The number of para-hydroxylation sites is 1. The zero-order chi connectivity index (χ0) is 20.6. The molecule has 0 aliphatic carbocycles. The van der Waals surface area contributed by atoms with Crippen LogP contribution in [0.3, 0.4) is 0 Å². The van der Waals surface area contributed by atoms with E-state index in [0.29, 0.717) is 18.9 Å². The standard InChI is InChI=1S/C22H26N4O4/c27-22(16-29-12-13-30-18-4-2-1-3-5-18)23-17-6-7-19-20(14-17)25-21(24-19)15-26-8-10-28-11-9-26/h1-7,14H,8-13,15-16H2,(H,23,27)(H,24,25). The summed E-state index contributed by atoms with van der Waals surface area (Å²) in [6.45, 7) is 4.81. The molecule has 1 fully saturated rings. The van der Waals surface area contributed by atoms with Gasteiger partial charge in [-0.15, -0.1) is 0 Å². The number of fused-ring (bicyclic) bond motifs is 1. The maximum atomic E-state index is 12.1. The van der Waals surface area contributed by atoms with E-state index >= 15 is 0 Å². The van der Waals surface area contributed by atoms with E-state index in [-0.39, 0.29) is 12.5 Å². The number of imidazole rings is 1. The van der Waals surface area contributed by atoms with Gasteiger partial charge in [0.1, 0.15) is 24.8 Å². The van der Waals surface area contributed by atoms with Crippen molar-refractivity contribution in [1.82, 2.24) is 14.9 Å². The summed E-state index contributed by atoms with van der Waals surface area (Å²) in [4.78, 5) is 22.4. The SMILES string of the molecule is O=C(COCCOc1ccccc1)Nc1ccc2nc(CN3CCOCC3)[nH]c2c1. The van der Waals surface area contributed by atoms with E-state index in [1.807, 2.05) is 48.5 Å². The zero-order valence-corrected chi connectivity index (χ0v) is 16.8. The minimum Gasteiger partial charge on any atom is -0.491 e. The number of rotatable bonds is 9. The van der Waals surface area contributed by atoms with E-state index in [1.165, 1.54) is 0 Å². The molecule has 1 amide bonds. The number of carbonyl (C=O) groups excluding carboxylic acids is 1. The Balaban J connectivity index is 1.22. The van der Waals surface area contributed by atoms with Crippen molar-refractivity contribution in [2.75, 3.05) is 51.4 Å². The average Bonchev–Trinajstić information content (AvgIpc) is 3.16. The first kappa shape index (κ1) is 20.3. The monoisotopic (exact) mass is 410 g/mol. The fourth-order valence-corrected chi connectivity index (χ4v) is 3.28. The van der Waals surface area contributed by atoms with Gasteiger partial charge in [-0.1, -0.05) is 18.2 Å². The van der Waals surface area contributed by atoms with Crippen LogP contribution in [0.15, 0.2) is 48.5 Å². The topological polar surface area (TPSA) is 88.7 Å². The maximum Gasteiger partial charge on any atom is 0.250 e. The number of nitrogens with zero attached hydrogens (tertiary/aromatic N) is 2. The molecule has 0 bridgehead atoms. The quantitative estimate of drug-likeness (QED) is 0.527. The van der Waals surface area contributed by atoms with Gasteiger partial charge in [-0.2, -0.15) is 0 Å². The van der Waals surface area contributed by atoms with Gasteiger partial charge in [0.05, 0.1) is 37.4 Å². The lowest BCUT2D eigenvalue weighted by molar-refractivity contribution is -0.120. The van der Waals surface area contributed by atoms with E-state index in [4.69, 9.17) is 14.2 Å².